The van der Waals surface area contributed by atoms with Crippen LogP contribution < -0.4 is 9.47 Å². The average Bonchev–Trinajstić information content (AvgIpc) is 1.61. The minimum Gasteiger partial charge on any atom is -0.505 e. The van der Waals surface area contributed by atoms with Crippen LogP contribution in [0.25, 0.3) is 122 Å². The molecule has 2 heterocycles. The summed E-state index contributed by atoms with van der Waals surface area (Å²) in [5.74, 6) is 1.65. The lowest BCUT2D eigenvalue weighted by atomic mass is 9.97. The Morgan fingerprint density at radius 3 is 0.865 bits per heavy atom. The van der Waals surface area contributed by atoms with Gasteiger partial charge in [-0.05, 0) is 218 Å². The van der Waals surface area contributed by atoms with Crippen LogP contribution in [0.15, 0.2) is 243 Å². The van der Waals surface area contributed by atoms with Crippen molar-refractivity contribution >= 4 is 43.6 Å². The van der Waals surface area contributed by atoms with Crippen molar-refractivity contribution < 1.29 is 19.7 Å². The summed E-state index contributed by atoms with van der Waals surface area (Å²) in [6, 6.07) is 85.1. The van der Waals surface area contributed by atoms with E-state index in [1.54, 1.807) is 0 Å². The number of nitrogens with zero attached hydrogens (tertiary/aromatic N) is 2. The second kappa shape index (κ2) is 22.9. The Bertz CT molecular complexity index is 4570. The fourth-order valence-corrected chi connectivity index (χ4v) is 13.7. The lowest BCUT2D eigenvalue weighted by Gasteiger charge is -2.24. The molecule has 0 saturated heterocycles. The van der Waals surface area contributed by atoms with Crippen LogP contribution in [-0.2, 0) is 0 Å². The van der Waals surface area contributed by atoms with Crippen LogP contribution in [0.4, 0.5) is 0 Å². The highest BCUT2D eigenvalue weighted by Gasteiger charge is 2.25. The van der Waals surface area contributed by atoms with Gasteiger partial charge in [-0.25, -0.2) is 0 Å². The number of fused-ring (bicyclic) bond motifs is 6. The Labute approximate surface area is 520 Å². The van der Waals surface area contributed by atoms with Crippen LogP contribution >= 0.6 is 0 Å². The molecule has 0 aliphatic heterocycles. The first-order valence-corrected chi connectivity index (χ1v) is 30.9. The maximum atomic E-state index is 12.8. The number of phenolic OH excluding ortho intramolecular Hbond substituents is 2. The molecule has 2 aromatic heterocycles. The molecule has 0 bridgehead atoms. The monoisotopic (exact) mass is 1160 g/mol. The summed E-state index contributed by atoms with van der Waals surface area (Å²) in [4.78, 5) is 0. The van der Waals surface area contributed by atoms with E-state index in [1.165, 1.54) is 44.5 Å². The Balaban J connectivity index is 0.775. The Morgan fingerprint density at radius 1 is 0.303 bits per heavy atom. The fraction of sp³-hybridized carbons (Fsp3) is 0.133. The second-order valence-corrected chi connectivity index (χ2v) is 24.3. The van der Waals surface area contributed by atoms with Crippen molar-refractivity contribution in [2.45, 2.75) is 74.0 Å². The zero-order valence-corrected chi connectivity index (χ0v) is 51.6. The van der Waals surface area contributed by atoms with Crippen LogP contribution in [0.3, 0.4) is 0 Å². The molecule has 0 saturated carbocycles. The topological polar surface area (TPSA) is 68.8 Å². The van der Waals surface area contributed by atoms with Gasteiger partial charge in [0.15, 0.2) is 0 Å². The van der Waals surface area contributed by atoms with Crippen molar-refractivity contribution in [3.63, 3.8) is 0 Å². The van der Waals surface area contributed by atoms with E-state index in [9.17, 15) is 10.2 Å². The molecule has 1 unspecified atom stereocenters. The van der Waals surface area contributed by atoms with Crippen molar-refractivity contribution in [2.24, 2.45) is 0 Å². The van der Waals surface area contributed by atoms with Crippen LogP contribution in [0.2, 0.25) is 0 Å². The number of aromatic nitrogens is 2. The number of hydrogen-bond donors (Lipinski definition) is 2. The number of phenols is 2. The van der Waals surface area contributed by atoms with Gasteiger partial charge in [0.05, 0.1) is 45.6 Å². The van der Waals surface area contributed by atoms with Gasteiger partial charge in [-0.3, -0.25) is 0 Å². The molecule has 2 N–H and O–H groups in total. The highest BCUT2D eigenvalue weighted by molar-refractivity contribution is 6.13. The zero-order valence-electron chi connectivity index (χ0n) is 51.6. The van der Waals surface area contributed by atoms with Crippen LogP contribution in [0.5, 0.6) is 23.0 Å². The number of hydrogen-bond acceptors (Lipinski definition) is 4. The molecule has 0 aliphatic carbocycles. The zero-order chi connectivity index (χ0) is 61.2. The van der Waals surface area contributed by atoms with Crippen molar-refractivity contribution in [2.75, 3.05) is 0 Å². The highest BCUT2D eigenvalue weighted by Crippen LogP contribution is 2.48. The van der Waals surface area contributed by atoms with E-state index in [2.05, 4.69) is 247 Å². The van der Waals surface area contributed by atoms with Crippen molar-refractivity contribution in [1.29, 1.82) is 0 Å². The molecule has 14 aromatic rings. The second-order valence-electron chi connectivity index (χ2n) is 24.3. The van der Waals surface area contributed by atoms with Gasteiger partial charge in [-0.15, -0.1) is 0 Å². The lowest BCUT2D eigenvalue weighted by molar-refractivity contribution is 0.131. The first kappa shape index (κ1) is 56.3. The maximum Gasteiger partial charge on any atom is 0.147 e. The molecular formula is C83H70N2O4. The summed E-state index contributed by atoms with van der Waals surface area (Å²) in [5, 5.41) is 30.0. The summed E-state index contributed by atoms with van der Waals surface area (Å²) in [5.41, 5.74) is 24.5. The van der Waals surface area contributed by atoms with E-state index in [4.69, 9.17) is 9.47 Å². The standard InChI is InChI=1S/C83H70N2O4/c1-50-41-72(82(86)78(43-50)84-74-37-33-58(62-25-13-9-21-52(62)3)46-68(74)69-47-59(34-38-75(69)84)63-26-14-10-22-53(63)4)66-29-17-19-31-80(66)88-56(7)45-57(8)89-81-32-20-18-30-67(81)73-42-51(2)44-79(83(73)87)85-76-39-35-60(64-27-15-11-23-54(64)5)48-70(76)71-49-61(36-40-77(71)85)65-28-16-12-24-55(65)6/h9-44,46-49,56-57,86-87H,45H2,1-8H3/t56-,57?/m1/s1. The van der Waals surface area contributed by atoms with E-state index in [-0.39, 0.29) is 23.7 Å². The fourth-order valence-electron chi connectivity index (χ4n) is 13.7. The summed E-state index contributed by atoms with van der Waals surface area (Å²) < 4.78 is 18.3. The highest BCUT2D eigenvalue weighted by atomic mass is 16.5. The average molecular weight is 1160 g/mol. The van der Waals surface area contributed by atoms with Crippen molar-refractivity contribution in [3.05, 3.63) is 276 Å². The number of rotatable bonds is 14. The molecule has 6 nitrogen and oxygen atoms in total. The summed E-state index contributed by atoms with van der Waals surface area (Å²) in [6.45, 7) is 16.9. The third-order valence-electron chi connectivity index (χ3n) is 18.0. The van der Waals surface area contributed by atoms with Crippen LogP contribution in [0, 0.1) is 41.5 Å². The van der Waals surface area contributed by atoms with Crippen LogP contribution in [0.1, 0.15) is 53.6 Å². The third kappa shape index (κ3) is 10.2. The Hall–Kier alpha value is -10.6. The predicted molar refractivity (Wildman–Crippen MR) is 371 cm³/mol. The number of para-hydroxylation sites is 2. The minimum atomic E-state index is -0.293. The van der Waals surface area contributed by atoms with Crippen LogP contribution in [-0.4, -0.2) is 31.6 Å². The Kier molecular flexibility index (Phi) is 14.5. The van der Waals surface area contributed by atoms with Crippen molar-refractivity contribution in [3.8, 4) is 101 Å². The van der Waals surface area contributed by atoms with Gasteiger partial charge in [0.2, 0.25) is 0 Å². The maximum absolute atomic E-state index is 12.8. The van der Waals surface area contributed by atoms with Gasteiger partial charge in [-0.1, -0.05) is 158 Å². The number of aryl methyl sites for hydroxylation is 6. The Morgan fingerprint density at radius 2 is 0.573 bits per heavy atom. The van der Waals surface area contributed by atoms with E-state index in [0.29, 0.717) is 40.4 Å². The normalized spacial score (nSPS) is 12.3. The van der Waals surface area contributed by atoms with E-state index in [1.807, 2.05) is 60.7 Å². The summed E-state index contributed by atoms with van der Waals surface area (Å²) >= 11 is 0. The summed E-state index contributed by atoms with van der Waals surface area (Å²) in [7, 11) is 0. The summed E-state index contributed by atoms with van der Waals surface area (Å²) in [6.07, 6.45) is -0.0383. The molecule has 0 amide bonds. The third-order valence-corrected chi connectivity index (χ3v) is 18.0. The molecule has 6 heteroatoms. The molecule has 0 radical (unpaired) electrons. The SMILES string of the molecule is Cc1cc(-c2ccccc2OC(C)C[C@@H](C)Oc2ccccc2-c2cc(C)cc(-n3c4ccc(-c5ccccc5C)cc4c4cc(-c5ccccc5C)ccc43)c2O)c(O)c(-n2c3ccc(-c4ccccc4C)cc3c3cc(-c4ccccc4C)ccc32)c1. The van der Waals surface area contributed by atoms with E-state index < -0.39 is 0 Å². The quantitative estimate of drug-likeness (QED) is 0.114. The molecule has 436 valence electrons. The van der Waals surface area contributed by atoms with Gasteiger partial charge in [-0.2, -0.15) is 0 Å². The number of benzene rings is 12. The molecule has 2 atom stereocenters. The molecule has 89 heavy (non-hydrogen) atoms. The smallest absolute Gasteiger partial charge is 0.147 e. The molecule has 14 rings (SSSR count). The first-order valence-electron chi connectivity index (χ1n) is 30.9. The van der Waals surface area contributed by atoms with E-state index >= 15 is 0 Å². The van der Waals surface area contributed by atoms with Crippen molar-refractivity contribution in [1.82, 2.24) is 9.13 Å². The van der Waals surface area contributed by atoms with Gasteiger partial charge in [0.1, 0.15) is 23.0 Å². The lowest BCUT2D eigenvalue weighted by Crippen LogP contribution is -2.23. The molecule has 0 aliphatic rings. The molecule has 0 fully saturated rings. The number of ether oxygens (including phenoxy) is 2. The molecule has 12 aromatic carbocycles. The largest absolute Gasteiger partial charge is 0.505 e. The molecular weight excluding hydrogens is 1090 g/mol. The predicted octanol–water partition coefficient (Wildman–Crippen LogP) is 21.8. The van der Waals surface area contributed by atoms with Gasteiger partial charge in [0.25, 0.3) is 0 Å². The van der Waals surface area contributed by atoms with Gasteiger partial charge >= 0.3 is 0 Å². The minimum absolute atomic E-state index is 0.164. The molecule has 0 spiro atoms. The van der Waals surface area contributed by atoms with E-state index in [0.717, 1.165) is 88.1 Å². The van der Waals surface area contributed by atoms with Gasteiger partial charge < -0.3 is 28.8 Å². The van der Waals surface area contributed by atoms with Gasteiger partial charge in [0, 0.05) is 50.2 Å². The number of aromatic hydroxyl groups is 2. The first-order chi connectivity index (χ1) is 43.3.